The van der Waals surface area contributed by atoms with Gasteiger partial charge in [0.2, 0.25) is 5.91 Å². The first-order chi connectivity index (χ1) is 19.6. The minimum atomic E-state index is -4.97. The number of alkyl halides is 3. The Labute approximate surface area is 233 Å². The van der Waals surface area contributed by atoms with Crippen LogP contribution < -0.4 is 15.6 Å². The molecule has 1 saturated heterocycles. The molecule has 1 aliphatic carbocycles. The van der Waals surface area contributed by atoms with Gasteiger partial charge in [0.05, 0.1) is 28.3 Å². The number of anilines is 1. The van der Waals surface area contributed by atoms with Crippen LogP contribution in [-0.2, 0) is 4.79 Å². The summed E-state index contributed by atoms with van der Waals surface area (Å²) < 4.78 is 45.1. The van der Waals surface area contributed by atoms with Gasteiger partial charge in [0.25, 0.3) is 5.56 Å². The maximum Gasteiger partial charge on any atom is 0.573 e. The lowest BCUT2D eigenvalue weighted by atomic mass is 9.97. The molecule has 2 aromatic heterocycles. The zero-order valence-electron chi connectivity index (χ0n) is 22.3. The molecule has 1 aliphatic heterocycles. The summed E-state index contributed by atoms with van der Waals surface area (Å²) in [7, 11) is 0. The number of ether oxygens (including phenoxy) is 1. The number of aromatic nitrogens is 3. The van der Waals surface area contributed by atoms with Crippen molar-refractivity contribution in [3.8, 4) is 22.6 Å². The lowest BCUT2D eigenvalue weighted by Gasteiger charge is -2.35. The standard InChI is InChI=1S/C30H28F3N5O3/c1-18(37-15-19-4-5-20(11-19)16-37)28(39)36-26-13-23(7-9-27(26)41-30(31,32)33)38-17-35-25-12-21(6-8-24(25)29(38)40)22-3-2-10-34-14-22/h2-3,6-10,12-14,17-20H,4-5,11,15-16H2,1H3,(H,36,39). The van der Waals surface area contributed by atoms with Gasteiger partial charge in [-0.15, -0.1) is 13.2 Å². The molecule has 2 aromatic carbocycles. The van der Waals surface area contributed by atoms with Crippen molar-refractivity contribution in [1.29, 1.82) is 0 Å². The molecule has 41 heavy (non-hydrogen) atoms. The van der Waals surface area contributed by atoms with Gasteiger partial charge in [-0.3, -0.25) is 24.0 Å². The molecule has 11 heteroatoms. The number of hydrogen-bond acceptors (Lipinski definition) is 6. The number of rotatable bonds is 6. The summed E-state index contributed by atoms with van der Waals surface area (Å²) in [6.07, 6.45) is 3.16. The Morgan fingerprint density at radius 2 is 1.85 bits per heavy atom. The van der Waals surface area contributed by atoms with Gasteiger partial charge in [-0.25, -0.2) is 4.98 Å². The quantitative estimate of drug-likeness (QED) is 0.338. The minimum absolute atomic E-state index is 0.185. The summed E-state index contributed by atoms with van der Waals surface area (Å²) in [5.41, 5.74) is 1.80. The summed E-state index contributed by atoms with van der Waals surface area (Å²) in [5, 5.41) is 2.95. The van der Waals surface area contributed by atoms with E-state index in [0.717, 1.165) is 49.5 Å². The number of carbonyl (C=O) groups is 1. The fourth-order valence-electron chi connectivity index (χ4n) is 5.96. The normalized spacial score (nSPS) is 19.7. The maximum atomic E-state index is 13.4. The molecule has 3 heterocycles. The Morgan fingerprint density at radius 1 is 1.07 bits per heavy atom. The Hall–Kier alpha value is -4.25. The zero-order valence-corrected chi connectivity index (χ0v) is 22.3. The number of halogens is 3. The number of amides is 1. The van der Waals surface area contributed by atoms with Crippen molar-refractivity contribution in [1.82, 2.24) is 19.4 Å². The number of likely N-dealkylation sites (tertiary alicyclic amines) is 1. The summed E-state index contributed by atoms with van der Waals surface area (Å²) in [4.78, 5) is 37.3. The van der Waals surface area contributed by atoms with Gasteiger partial charge in [0.15, 0.2) is 5.75 Å². The molecule has 1 N–H and O–H groups in total. The van der Waals surface area contributed by atoms with E-state index in [9.17, 15) is 22.8 Å². The van der Waals surface area contributed by atoms with Crippen LogP contribution in [0.3, 0.4) is 0 Å². The van der Waals surface area contributed by atoms with E-state index in [-0.39, 0.29) is 11.4 Å². The number of benzene rings is 2. The van der Waals surface area contributed by atoms with E-state index < -0.39 is 29.6 Å². The number of nitrogens with one attached hydrogen (secondary N) is 1. The number of pyridine rings is 1. The third-order valence-electron chi connectivity index (χ3n) is 8.04. The van der Waals surface area contributed by atoms with Crippen molar-refractivity contribution in [2.24, 2.45) is 11.8 Å². The summed E-state index contributed by atoms with van der Waals surface area (Å²) in [5.74, 6) is 0.0825. The number of carbonyl (C=O) groups excluding carboxylic acids is 1. The summed E-state index contributed by atoms with van der Waals surface area (Å²) in [6.45, 7) is 3.33. The highest BCUT2D eigenvalue weighted by Crippen LogP contribution is 2.37. The van der Waals surface area contributed by atoms with E-state index in [2.05, 4.69) is 24.9 Å². The summed E-state index contributed by atoms with van der Waals surface area (Å²) >= 11 is 0. The summed E-state index contributed by atoms with van der Waals surface area (Å²) in [6, 6.07) is 12.1. The Balaban J connectivity index is 1.31. The Kier molecular flexibility index (Phi) is 6.98. The molecule has 6 rings (SSSR count). The molecule has 0 radical (unpaired) electrons. The molecule has 3 atom stereocenters. The van der Waals surface area contributed by atoms with Crippen molar-refractivity contribution in [3.63, 3.8) is 0 Å². The number of nitrogens with zero attached hydrogens (tertiary/aromatic N) is 4. The smallest absolute Gasteiger partial charge is 0.404 e. The van der Waals surface area contributed by atoms with Crippen molar-refractivity contribution in [2.75, 3.05) is 18.4 Å². The van der Waals surface area contributed by atoms with Crippen LogP contribution in [0.4, 0.5) is 18.9 Å². The van der Waals surface area contributed by atoms with Gasteiger partial charge in [-0.2, -0.15) is 0 Å². The van der Waals surface area contributed by atoms with Crippen LogP contribution in [0.5, 0.6) is 5.75 Å². The molecule has 1 saturated carbocycles. The second-order valence-electron chi connectivity index (χ2n) is 10.8. The van der Waals surface area contributed by atoms with E-state index in [1.54, 1.807) is 37.5 Å². The predicted octanol–water partition coefficient (Wildman–Crippen LogP) is 5.41. The lowest BCUT2D eigenvalue weighted by molar-refractivity contribution is -0.274. The van der Waals surface area contributed by atoms with E-state index >= 15 is 0 Å². The van der Waals surface area contributed by atoms with Gasteiger partial charge in [-0.05, 0) is 80.0 Å². The fourth-order valence-corrected chi connectivity index (χ4v) is 5.96. The topological polar surface area (TPSA) is 89.3 Å². The molecule has 8 nitrogen and oxygen atoms in total. The predicted molar refractivity (Wildman–Crippen MR) is 148 cm³/mol. The number of hydrogen-bond donors (Lipinski definition) is 1. The largest absolute Gasteiger partial charge is 0.573 e. The Bertz CT molecular complexity index is 1650. The fraction of sp³-hybridized carbons (Fsp3) is 0.333. The molecule has 0 spiro atoms. The average Bonchev–Trinajstić information content (AvgIpc) is 3.30. The average molecular weight is 564 g/mol. The van der Waals surface area contributed by atoms with Crippen molar-refractivity contribution < 1.29 is 22.7 Å². The van der Waals surface area contributed by atoms with Crippen molar-refractivity contribution in [2.45, 2.75) is 38.6 Å². The van der Waals surface area contributed by atoms with Crippen LogP contribution in [0, 0.1) is 11.8 Å². The molecule has 2 fully saturated rings. The molecule has 4 aromatic rings. The first-order valence-electron chi connectivity index (χ1n) is 13.5. The SMILES string of the molecule is CC(C(=O)Nc1cc(-n2cnc3cc(-c4cccnc4)ccc3c2=O)ccc1OC(F)(F)F)N1CC2CCC(C2)C1. The molecular formula is C30H28F3N5O3. The number of fused-ring (bicyclic) bond motifs is 3. The number of piperidine rings is 1. The lowest BCUT2D eigenvalue weighted by Crippen LogP contribution is -2.47. The Morgan fingerprint density at radius 3 is 2.56 bits per heavy atom. The minimum Gasteiger partial charge on any atom is -0.404 e. The zero-order chi connectivity index (χ0) is 28.7. The van der Waals surface area contributed by atoms with Crippen molar-refractivity contribution >= 4 is 22.5 Å². The second-order valence-corrected chi connectivity index (χ2v) is 10.8. The van der Waals surface area contributed by atoms with Gasteiger partial charge in [0, 0.05) is 31.0 Å². The van der Waals surface area contributed by atoms with Crippen LogP contribution in [0.1, 0.15) is 26.2 Å². The molecule has 3 unspecified atom stereocenters. The second kappa shape index (κ2) is 10.6. The first-order valence-corrected chi connectivity index (χ1v) is 13.5. The third-order valence-corrected chi connectivity index (χ3v) is 8.04. The molecule has 2 aliphatic rings. The first kappa shape index (κ1) is 26.9. The van der Waals surface area contributed by atoms with Crippen molar-refractivity contribution in [3.05, 3.63) is 77.6 Å². The van der Waals surface area contributed by atoms with E-state index in [1.807, 2.05) is 12.1 Å². The molecule has 1 amide bonds. The maximum absolute atomic E-state index is 13.4. The van der Waals surface area contributed by atoms with Gasteiger partial charge in [0.1, 0.15) is 6.33 Å². The molecular weight excluding hydrogens is 535 g/mol. The highest BCUT2D eigenvalue weighted by atomic mass is 19.4. The monoisotopic (exact) mass is 563 g/mol. The highest BCUT2D eigenvalue weighted by Gasteiger charge is 2.37. The van der Waals surface area contributed by atoms with Crippen LogP contribution >= 0.6 is 0 Å². The van der Waals surface area contributed by atoms with E-state index in [0.29, 0.717) is 22.7 Å². The van der Waals surface area contributed by atoms with Gasteiger partial charge >= 0.3 is 6.36 Å². The molecule has 212 valence electrons. The van der Waals surface area contributed by atoms with Gasteiger partial charge in [-0.1, -0.05) is 12.1 Å². The van der Waals surface area contributed by atoms with E-state index in [1.165, 1.54) is 23.0 Å². The third kappa shape index (κ3) is 5.67. The van der Waals surface area contributed by atoms with Crippen LogP contribution in [0.15, 0.2) is 72.0 Å². The van der Waals surface area contributed by atoms with Gasteiger partial charge < -0.3 is 10.1 Å². The highest BCUT2D eigenvalue weighted by molar-refractivity contribution is 5.96. The van der Waals surface area contributed by atoms with E-state index in [4.69, 9.17) is 0 Å². The molecule has 2 bridgehead atoms. The van der Waals surface area contributed by atoms with Crippen LogP contribution in [0.2, 0.25) is 0 Å². The van der Waals surface area contributed by atoms with Crippen LogP contribution in [0.25, 0.3) is 27.7 Å². The van der Waals surface area contributed by atoms with Crippen LogP contribution in [-0.4, -0.2) is 50.8 Å².